The molecule has 2 rings (SSSR count). The van der Waals surface area contributed by atoms with E-state index in [2.05, 4.69) is 10.6 Å². The lowest BCUT2D eigenvalue weighted by Gasteiger charge is -2.33. The molecule has 0 aliphatic carbocycles. The van der Waals surface area contributed by atoms with Gasteiger partial charge in [0.1, 0.15) is 11.9 Å². The van der Waals surface area contributed by atoms with Crippen LogP contribution in [-0.2, 0) is 20.9 Å². The molecule has 7 heteroatoms. The maximum Gasteiger partial charge on any atom is 0.242 e. The van der Waals surface area contributed by atoms with Gasteiger partial charge in [-0.2, -0.15) is 0 Å². The number of carbonyl (C=O) groups is 2. The Labute approximate surface area is 141 Å². The second-order valence-electron chi connectivity index (χ2n) is 5.76. The molecule has 24 heavy (non-hydrogen) atoms. The molecule has 1 heterocycles. The molecule has 1 aliphatic heterocycles. The molecule has 1 aromatic carbocycles. The SMILES string of the molecule is CCN(CC(=O)NCc1ccc(F)cc1)C(=O)[C@H]1NCCO[C@@H]1C. The third-order valence-corrected chi connectivity index (χ3v) is 4.01. The molecular formula is C17H24FN3O3. The molecule has 0 unspecified atom stereocenters. The first-order chi connectivity index (χ1) is 11.5. The first kappa shape index (κ1) is 18.4. The fraction of sp³-hybridized carbons (Fsp3) is 0.529. The summed E-state index contributed by atoms with van der Waals surface area (Å²) in [5, 5.41) is 5.88. The molecule has 6 nitrogen and oxygen atoms in total. The van der Waals surface area contributed by atoms with E-state index >= 15 is 0 Å². The predicted octanol–water partition coefficient (Wildman–Crippen LogP) is 0.667. The van der Waals surface area contributed by atoms with Crippen LogP contribution in [0.5, 0.6) is 0 Å². The summed E-state index contributed by atoms with van der Waals surface area (Å²) in [4.78, 5) is 26.1. The van der Waals surface area contributed by atoms with Crippen molar-refractivity contribution in [3.8, 4) is 0 Å². The Kier molecular flexibility index (Phi) is 6.69. The van der Waals surface area contributed by atoms with Gasteiger partial charge < -0.3 is 20.3 Å². The van der Waals surface area contributed by atoms with Gasteiger partial charge in [-0.15, -0.1) is 0 Å². The van der Waals surface area contributed by atoms with E-state index in [4.69, 9.17) is 4.74 Å². The highest BCUT2D eigenvalue weighted by Crippen LogP contribution is 2.08. The molecule has 2 atom stereocenters. The smallest absolute Gasteiger partial charge is 0.242 e. The first-order valence-electron chi connectivity index (χ1n) is 8.16. The van der Waals surface area contributed by atoms with Crippen LogP contribution in [0, 0.1) is 5.82 Å². The van der Waals surface area contributed by atoms with Crippen molar-refractivity contribution in [2.45, 2.75) is 32.5 Å². The Morgan fingerprint density at radius 1 is 1.38 bits per heavy atom. The maximum absolute atomic E-state index is 12.9. The molecule has 1 saturated heterocycles. The van der Waals surface area contributed by atoms with Crippen molar-refractivity contribution < 1.29 is 18.7 Å². The van der Waals surface area contributed by atoms with Crippen molar-refractivity contribution in [1.29, 1.82) is 0 Å². The van der Waals surface area contributed by atoms with Crippen LogP contribution < -0.4 is 10.6 Å². The van der Waals surface area contributed by atoms with E-state index in [1.165, 1.54) is 17.0 Å². The lowest BCUT2D eigenvalue weighted by Crippen LogP contribution is -2.57. The van der Waals surface area contributed by atoms with Gasteiger partial charge in [-0.1, -0.05) is 12.1 Å². The summed E-state index contributed by atoms with van der Waals surface area (Å²) in [5.41, 5.74) is 0.801. The Balaban J connectivity index is 1.85. The highest BCUT2D eigenvalue weighted by molar-refractivity contribution is 5.88. The van der Waals surface area contributed by atoms with Crippen LogP contribution in [0.15, 0.2) is 24.3 Å². The summed E-state index contributed by atoms with van der Waals surface area (Å²) in [6.45, 7) is 5.60. The largest absolute Gasteiger partial charge is 0.375 e. The van der Waals surface area contributed by atoms with Crippen molar-refractivity contribution in [2.75, 3.05) is 26.2 Å². The van der Waals surface area contributed by atoms with Crippen LogP contribution in [-0.4, -0.2) is 55.1 Å². The van der Waals surface area contributed by atoms with E-state index in [-0.39, 0.29) is 30.3 Å². The molecule has 0 bridgehead atoms. The number of likely N-dealkylation sites (N-methyl/N-ethyl adjacent to an activating group) is 1. The fourth-order valence-corrected chi connectivity index (χ4v) is 2.58. The van der Waals surface area contributed by atoms with Gasteiger partial charge in [-0.05, 0) is 31.5 Å². The van der Waals surface area contributed by atoms with Gasteiger partial charge in [0.25, 0.3) is 0 Å². The van der Waals surface area contributed by atoms with Crippen LogP contribution in [0.25, 0.3) is 0 Å². The number of morpholine rings is 1. The number of amides is 2. The topological polar surface area (TPSA) is 70.7 Å². The van der Waals surface area contributed by atoms with Gasteiger partial charge in [0.15, 0.2) is 0 Å². The van der Waals surface area contributed by atoms with Gasteiger partial charge in [-0.25, -0.2) is 4.39 Å². The zero-order valence-electron chi connectivity index (χ0n) is 14.0. The summed E-state index contributed by atoms with van der Waals surface area (Å²) >= 11 is 0. The van der Waals surface area contributed by atoms with Crippen molar-refractivity contribution in [3.63, 3.8) is 0 Å². The first-order valence-corrected chi connectivity index (χ1v) is 8.16. The van der Waals surface area contributed by atoms with Crippen LogP contribution in [0.3, 0.4) is 0 Å². The van der Waals surface area contributed by atoms with Gasteiger partial charge >= 0.3 is 0 Å². The zero-order valence-corrected chi connectivity index (χ0v) is 14.0. The third kappa shape index (κ3) is 5.01. The van der Waals surface area contributed by atoms with E-state index in [0.717, 1.165) is 5.56 Å². The normalized spacial score (nSPS) is 20.5. The number of halogens is 1. The molecule has 1 aromatic rings. The van der Waals surface area contributed by atoms with E-state index in [0.29, 0.717) is 26.2 Å². The lowest BCUT2D eigenvalue weighted by molar-refractivity contribution is -0.142. The standard InChI is InChI=1S/C17H24FN3O3/c1-3-21(17(23)16-12(2)24-9-8-19-16)11-15(22)20-10-13-4-6-14(18)7-5-13/h4-7,12,16,19H,3,8-11H2,1-2H3,(H,20,22)/t12-,16+/m1/s1. The van der Waals surface area contributed by atoms with Crippen molar-refractivity contribution in [3.05, 3.63) is 35.6 Å². The maximum atomic E-state index is 12.9. The predicted molar refractivity (Wildman–Crippen MR) is 87.7 cm³/mol. The number of rotatable bonds is 6. The Hall–Kier alpha value is -1.99. The highest BCUT2D eigenvalue weighted by Gasteiger charge is 2.31. The minimum Gasteiger partial charge on any atom is -0.375 e. The monoisotopic (exact) mass is 337 g/mol. The zero-order chi connectivity index (χ0) is 17.5. The van der Waals surface area contributed by atoms with Crippen molar-refractivity contribution in [2.24, 2.45) is 0 Å². The molecule has 1 fully saturated rings. The van der Waals surface area contributed by atoms with E-state index in [1.54, 1.807) is 12.1 Å². The van der Waals surface area contributed by atoms with Crippen LogP contribution in [0.1, 0.15) is 19.4 Å². The Bertz CT molecular complexity index is 565. The molecule has 0 spiro atoms. The van der Waals surface area contributed by atoms with Gasteiger partial charge in [-0.3, -0.25) is 9.59 Å². The summed E-state index contributed by atoms with van der Waals surface area (Å²) in [6, 6.07) is 5.50. The Morgan fingerprint density at radius 3 is 2.71 bits per heavy atom. The lowest BCUT2D eigenvalue weighted by atomic mass is 10.1. The number of ether oxygens (including phenoxy) is 1. The average molecular weight is 337 g/mol. The second-order valence-corrected chi connectivity index (χ2v) is 5.76. The van der Waals surface area contributed by atoms with E-state index < -0.39 is 6.04 Å². The van der Waals surface area contributed by atoms with Crippen LogP contribution in [0.4, 0.5) is 4.39 Å². The molecule has 2 amide bonds. The Morgan fingerprint density at radius 2 is 2.08 bits per heavy atom. The highest BCUT2D eigenvalue weighted by atomic mass is 19.1. The third-order valence-electron chi connectivity index (χ3n) is 4.01. The minimum absolute atomic E-state index is 0.0125. The summed E-state index contributed by atoms with van der Waals surface area (Å²) < 4.78 is 18.3. The van der Waals surface area contributed by atoms with E-state index in [9.17, 15) is 14.0 Å². The number of nitrogens with zero attached hydrogens (tertiary/aromatic N) is 1. The van der Waals surface area contributed by atoms with Gasteiger partial charge in [0.2, 0.25) is 11.8 Å². The second kappa shape index (κ2) is 8.75. The van der Waals surface area contributed by atoms with Crippen molar-refractivity contribution in [1.82, 2.24) is 15.5 Å². The molecule has 0 saturated carbocycles. The summed E-state index contributed by atoms with van der Waals surface area (Å²) in [5.74, 6) is -0.704. The summed E-state index contributed by atoms with van der Waals surface area (Å²) in [7, 11) is 0. The number of benzene rings is 1. The number of nitrogens with one attached hydrogen (secondary N) is 2. The van der Waals surface area contributed by atoms with Gasteiger partial charge in [0.05, 0.1) is 19.3 Å². The molecule has 1 aliphatic rings. The fourth-order valence-electron chi connectivity index (χ4n) is 2.58. The molecule has 0 radical (unpaired) electrons. The van der Waals surface area contributed by atoms with Crippen LogP contribution in [0.2, 0.25) is 0 Å². The molecule has 0 aromatic heterocycles. The number of carbonyl (C=O) groups excluding carboxylic acids is 2. The number of hydrogen-bond donors (Lipinski definition) is 2. The van der Waals surface area contributed by atoms with Gasteiger partial charge in [0, 0.05) is 19.6 Å². The molecule has 2 N–H and O–H groups in total. The van der Waals surface area contributed by atoms with Crippen LogP contribution >= 0.6 is 0 Å². The molecule has 132 valence electrons. The van der Waals surface area contributed by atoms with E-state index in [1.807, 2.05) is 13.8 Å². The number of hydrogen-bond acceptors (Lipinski definition) is 4. The quantitative estimate of drug-likeness (QED) is 0.800. The van der Waals surface area contributed by atoms with Crippen molar-refractivity contribution >= 4 is 11.8 Å². The average Bonchev–Trinajstić information content (AvgIpc) is 2.59. The minimum atomic E-state index is -0.427. The summed E-state index contributed by atoms with van der Waals surface area (Å²) in [6.07, 6.45) is -0.220. The molecular weight excluding hydrogens is 313 g/mol.